The van der Waals surface area contributed by atoms with Gasteiger partial charge in [0.25, 0.3) is 0 Å². The minimum absolute atomic E-state index is 0.0628. The fraction of sp³-hybridized carbons (Fsp3) is 0.250. The molecule has 2 heterocycles. The Kier molecular flexibility index (Phi) is 4.61. The second kappa shape index (κ2) is 6.60. The van der Waals surface area contributed by atoms with Crippen LogP contribution in [0.15, 0.2) is 41.7 Å². The summed E-state index contributed by atoms with van der Waals surface area (Å²) in [4.78, 5) is 10.7. The summed E-state index contributed by atoms with van der Waals surface area (Å²) < 4.78 is 66.9. The summed E-state index contributed by atoms with van der Waals surface area (Å²) in [6, 6.07) is 8.09. The normalized spacial score (nSPS) is 12.5. The van der Waals surface area contributed by atoms with Crippen LogP contribution < -0.4 is 4.74 Å². The molecule has 26 heavy (non-hydrogen) atoms. The Morgan fingerprint density at radius 2 is 1.92 bits per heavy atom. The Balaban J connectivity index is 1.87. The molecule has 0 aliphatic rings. The van der Waals surface area contributed by atoms with Crippen LogP contribution >= 0.6 is 0 Å². The number of alkyl halides is 3. The molecule has 0 unspecified atom stereocenters. The lowest BCUT2D eigenvalue weighted by Gasteiger charge is -2.13. The number of ether oxygens (including phenoxy) is 1. The Labute approximate surface area is 147 Å². The minimum atomic E-state index is -4.49. The number of imidazole rings is 1. The van der Waals surface area contributed by atoms with Crippen molar-refractivity contribution in [2.24, 2.45) is 0 Å². The molecule has 0 atom stereocenters. The summed E-state index contributed by atoms with van der Waals surface area (Å²) in [5.74, 6) is -0.575. The lowest BCUT2D eigenvalue weighted by Crippen LogP contribution is -2.20. The number of hydrogen-bond acceptors (Lipinski definition) is 5. The number of pyridine rings is 1. The van der Waals surface area contributed by atoms with E-state index in [4.69, 9.17) is 4.74 Å². The van der Waals surface area contributed by atoms with Gasteiger partial charge in [-0.2, -0.15) is 13.2 Å². The average molecular weight is 385 g/mol. The fourth-order valence-electron chi connectivity index (χ4n) is 2.35. The van der Waals surface area contributed by atoms with Crippen molar-refractivity contribution >= 4 is 20.9 Å². The Morgan fingerprint density at radius 1 is 1.19 bits per heavy atom. The number of H-pyrrole nitrogens is 1. The van der Waals surface area contributed by atoms with Gasteiger partial charge in [-0.3, -0.25) is 4.98 Å². The number of hydrogen-bond donors (Lipinski definition) is 1. The summed E-state index contributed by atoms with van der Waals surface area (Å²) in [6.07, 6.45) is -3.28. The second-order valence-corrected chi connectivity index (χ2v) is 7.51. The number of nitrogens with zero attached hydrogens (tertiary/aromatic N) is 2. The molecule has 0 aliphatic carbocycles. The summed E-state index contributed by atoms with van der Waals surface area (Å²) in [5, 5.41) is -0.221. The zero-order chi connectivity index (χ0) is 18.9. The standard InChI is InChI=1S/C16H14F3N3O3S/c1-10-13(20-7-6-14(10)25-9-16(17,18)19)8-26(23,24)15-21-11-4-2-3-5-12(11)22-15/h2-7H,8-9H2,1H3,(H,21,22). The van der Waals surface area contributed by atoms with Crippen molar-refractivity contribution in [1.29, 1.82) is 0 Å². The van der Waals surface area contributed by atoms with E-state index >= 15 is 0 Å². The Bertz CT molecular complexity index is 1010. The molecule has 0 saturated heterocycles. The van der Waals surface area contributed by atoms with E-state index in [2.05, 4.69) is 15.0 Å². The Hall–Kier alpha value is -2.62. The van der Waals surface area contributed by atoms with Crippen molar-refractivity contribution in [1.82, 2.24) is 15.0 Å². The van der Waals surface area contributed by atoms with E-state index < -0.39 is 28.4 Å². The number of fused-ring (bicyclic) bond motifs is 1. The quantitative estimate of drug-likeness (QED) is 0.729. The molecular weight excluding hydrogens is 371 g/mol. The van der Waals surface area contributed by atoms with E-state index in [9.17, 15) is 21.6 Å². The van der Waals surface area contributed by atoms with E-state index in [0.717, 1.165) is 0 Å². The van der Waals surface area contributed by atoms with E-state index in [1.54, 1.807) is 24.3 Å². The van der Waals surface area contributed by atoms with Gasteiger partial charge >= 0.3 is 6.18 Å². The van der Waals surface area contributed by atoms with Crippen LogP contribution in [0.1, 0.15) is 11.3 Å². The lowest BCUT2D eigenvalue weighted by molar-refractivity contribution is -0.153. The van der Waals surface area contributed by atoms with Crippen LogP contribution in [-0.2, 0) is 15.6 Å². The van der Waals surface area contributed by atoms with E-state index in [1.807, 2.05) is 0 Å². The van der Waals surface area contributed by atoms with Gasteiger partial charge in [-0.15, -0.1) is 0 Å². The third-order valence-electron chi connectivity index (χ3n) is 3.64. The molecule has 2 aromatic heterocycles. The van der Waals surface area contributed by atoms with Crippen LogP contribution in [0, 0.1) is 6.92 Å². The van der Waals surface area contributed by atoms with Gasteiger partial charge in [0.05, 0.1) is 16.7 Å². The summed E-state index contributed by atoms with van der Waals surface area (Å²) in [6.45, 7) is -0.00415. The highest BCUT2D eigenvalue weighted by Gasteiger charge is 2.29. The van der Waals surface area contributed by atoms with Crippen LogP contribution in [0.25, 0.3) is 11.0 Å². The van der Waals surface area contributed by atoms with Crippen molar-refractivity contribution in [2.45, 2.75) is 24.0 Å². The molecule has 0 radical (unpaired) electrons. The molecule has 10 heteroatoms. The predicted octanol–water partition coefficient (Wildman–Crippen LogP) is 3.18. The first kappa shape index (κ1) is 18.2. The number of rotatable bonds is 5. The van der Waals surface area contributed by atoms with Crippen molar-refractivity contribution in [3.63, 3.8) is 0 Å². The molecule has 0 spiro atoms. The van der Waals surface area contributed by atoms with E-state index in [-0.39, 0.29) is 22.2 Å². The van der Waals surface area contributed by atoms with Gasteiger partial charge in [-0.05, 0) is 25.1 Å². The van der Waals surface area contributed by atoms with Gasteiger partial charge in [0.1, 0.15) is 11.5 Å². The molecule has 3 aromatic rings. The number of sulfone groups is 1. The van der Waals surface area contributed by atoms with E-state index in [1.165, 1.54) is 19.2 Å². The van der Waals surface area contributed by atoms with Crippen molar-refractivity contribution < 1.29 is 26.3 Å². The van der Waals surface area contributed by atoms with Crippen LogP contribution in [0.2, 0.25) is 0 Å². The average Bonchev–Trinajstić information content (AvgIpc) is 3.00. The van der Waals surface area contributed by atoms with Gasteiger partial charge in [0, 0.05) is 11.8 Å². The van der Waals surface area contributed by atoms with Crippen LogP contribution in [0.3, 0.4) is 0 Å². The second-order valence-electron chi connectivity index (χ2n) is 5.60. The maximum atomic E-state index is 12.6. The van der Waals surface area contributed by atoms with E-state index in [0.29, 0.717) is 11.0 Å². The largest absolute Gasteiger partial charge is 0.484 e. The topological polar surface area (TPSA) is 84.9 Å². The molecule has 0 bridgehead atoms. The van der Waals surface area contributed by atoms with Crippen LogP contribution in [-0.4, -0.2) is 36.2 Å². The van der Waals surface area contributed by atoms with Crippen molar-refractivity contribution in [3.05, 3.63) is 47.8 Å². The van der Waals surface area contributed by atoms with Gasteiger partial charge in [0.2, 0.25) is 15.0 Å². The molecule has 0 aliphatic heterocycles. The van der Waals surface area contributed by atoms with Crippen molar-refractivity contribution in [2.75, 3.05) is 6.61 Å². The first-order valence-corrected chi connectivity index (χ1v) is 9.12. The molecule has 0 saturated carbocycles. The zero-order valence-electron chi connectivity index (χ0n) is 13.5. The van der Waals surface area contributed by atoms with Gasteiger partial charge in [0.15, 0.2) is 6.61 Å². The molecule has 3 rings (SSSR count). The Morgan fingerprint density at radius 3 is 2.62 bits per heavy atom. The first-order valence-electron chi connectivity index (χ1n) is 7.47. The number of para-hydroxylation sites is 2. The highest BCUT2D eigenvalue weighted by Crippen LogP contribution is 2.25. The molecule has 0 amide bonds. The lowest BCUT2D eigenvalue weighted by atomic mass is 10.2. The molecule has 6 nitrogen and oxygen atoms in total. The molecule has 1 aromatic carbocycles. The number of aromatic nitrogens is 3. The number of halogens is 3. The predicted molar refractivity (Wildman–Crippen MR) is 87.5 cm³/mol. The molecular formula is C16H14F3N3O3S. The summed E-state index contributed by atoms with van der Waals surface area (Å²) in [7, 11) is -3.86. The SMILES string of the molecule is Cc1c(OCC(F)(F)F)ccnc1CS(=O)(=O)c1nc2ccccc2[nH]1. The molecule has 1 N–H and O–H groups in total. The first-order chi connectivity index (χ1) is 12.2. The third-order valence-corrected chi connectivity index (χ3v) is 5.08. The highest BCUT2D eigenvalue weighted by molar-refractivity contribution is 7.90. The minimum Gasteiger partial charge on any atom is -0.484 e. The monoisotopic (exact) mass is 385 g/mol. The summed E-state index contributed by atoms with van der Waals surface area (Å²) >= 11 is 0. The maximum absolute atomic E-state index is 12.6. The van der Waals surface area contributed by atoms with Crippen LogP contribution in [0.5, 0.6) is 5.75 Å². The van der Waals surface area contributed by atoms with Crippen LogP contribution in [0.4, 0.5) is 13.2 Å². The van der Waals surface area contributed by atoms with Crippen molar-refractivity contribution in [3.8, 4) is 5.75 Å². The number of nitrogens with one attached hydrogen (secondary N) is 1. The smallest absolute Gasteiger partial charge is 0.422 e. The van der Waals surface area contributed by atoms with Gasteiger partial charge in [-0.25, -0.2) is 13.4 Å². The fourth-order valence-corrected chi connectivity index (χ4v) is 3.64. The number of benzene rings is 1. The maximum Gasteiger partial charge on any atom is 0.422 e. The number of aromatic amines is 1. The van der Waals surface area contributed by atoms with Gasteiger partial charge in [-0.1, -0.05) is 12.1 Å². The van der Waals surface area contributed by atoms with Gasteiger partial charge < -0.3 is 9.72 Å². The highest BCUT2D eigenvalue weighted by atomic mass is 32.2. The molecule has 0 fully saturated rings. The zero-order valence-corrected chi connectivity index (χ0v) is 14.4. The summed E-state index contributed by atoms with van der Waals surface area (Å²) in [5.41, 5.74) is 1.40. The molecule has 138 valence electrons. The third kappa shape index (κ3) is 3.96.